The molecule has 1 N–H and O–H groups in total. The highest BCUT2D eigenvalue weighted by Gasteiger charge is 2.01. The fraction of sp³-hybridized carbons (Fsp3) is 0.111. The number of amides is 1. The normalized spacial score (nSPS) is 8.67. The lowest BCUT2D eigenvalue weighted by atomic mass is 10.1. The summed E-state index contributed by atoms with van der Waals surface area (Å²) in [5.74, 6) is -0.171. The van der Waals surface area contributed by atoms with Crippen LogP contribution < -0.4 is 5.32 Å². The fourth-order valence-corrected chi connectivity index (χ4v) is 0.780. The summed E-state index contributed by atoms with van der Waals surface area (Å²) in [6, 6.07) is 9.25. The molecular formula is C9H7N2O. The van der Waals surface area contributed by atoms with Gasteiger partial charge in [-0.1, -0.05) is 0 Å². The average molecular weight is 159 g/mol. The lowest BCUT2D eigenvalue weighted by molar-refractivity contribution is 0.0963. The van der Waals surface area contributed by atoms with Crippen molar-refractivity contribution in [2.24, 2.45) is 0 Å². The standard InChI is InChI=1S/C9H7N2O/c1-11-9(12)8-4-2-7(6-10)3-5-8/h2,4-5H,1H3,(H,11,12). The Morgan fingerprint density at radius 1 is 1.67 bits per heavy atom. The highest BCUT2D eigenvalue weighted by atomic mass is 16.1. The molecule has 1 amide bonds. The molecule has 0 saturated heterocycles. The summed E-state index contributed by atoms with van der Waals surface area (Å²) < 4.78 is 0. The van der Waals surface area contributed by atoms with Crippen molar-refractivity contribution in [1.29, 1.82) is 5.26 Å². The number of nitriles is 1. The Morgan fingerprint density at radius 3 is 2.83 bits per heavy atom. The Labute approximate surface area is 70.6 Å². The van der Waals surface area contributed by atoms with Crippen molar-refractivity contribution < 1.29 is 4.79 Å². The van der Waals surface area contributed by atoms with E-state index in [1.807, 2.05) is 6.07 Å². The monoisotopic (exact) mass is 159 g/mol. The first-order valence-electron chi connectivity index (χ1n) is 3.42. The van der Waals surface area contributed by atoms with Gasteiger partial charge in [0.25, 0.3) is 5.91 Å². The first-order chi connectivity index (χ1) is 5.77. The molecule has 0 unspecified atom stereocenters. The van der Waals surface area contributed by atoms with Gasteiger partial charge in [-0.2, -0.15) is 5.26 Å². The molecule has 3 nitrogen and oxygen atoms in total. The second kappa shape index (κ2) is 3.54. The molecule has 0 atom stereocenters. The van der Waals surface area contributed by atoms with Crippen LogP contribution in [0.3, 0.4) is 0 Å². The molecular weight excluding hydrogens is 152 g/mol. The van der Waals surface area contributed by atoms with Gasteiger partial charge in [-0.05, 0) is 18.2 Å². The summed E-state index contributed by atoms with van der Waals surface area (Å²) in [6.07, 6.45) is 0. The van der Waals surface area contributed by atoms with E-state index in [4.69, 9.17) is 5.26 Å². The molecule has 1 rings (SSSR count). The molecule has 0 spiro atoms. The largest absolute Gasteiger partial charge is 0.355 e. The van der Waals surface area contributed by atoms with Crippen LogP contribution >= 0.6 is 0 Å². The molecule has 12 heavy (non-hydrogen) atoms. The summed E-state index contributed by atoms with van der Waals surface area (Å²) in [6.45, 7) is 0. The zero-order valence-electron chi connectivity index (χ0n) is 6.59. The molecule has 0 bridgehead atoms. The third-order valence-electron chi connectivity index (χ3n) is 1.42. The number of hydrogen-bond acceptors (Lipinski definition) is 2. The van der Waals surface area contributed by atoms with Gasteiger partial charge in [-0.15, -0.1) is 0 Å². The lowest BCUT2D eigenvalue weighted by Crippen LogP contribution is -2.17. The van der Waals surface area contributed by atoms with E-state index in [1.54, 1.807) is 19.2 Å². The van der Waals surface area contributed by atoms with E-state index in [-0.39, 0.29) is 5.91 Å². The second-order valence-electron chi connectivity index (χ2n) is 2.18. The van der Waals surface area contributed by atoms with Gasteiger partial charge in [0.15, 0.2) is 0 Å². The Morgan fingerprint density at radius 2 is 2.42 bits per heavy atom. The number of carbonyl (C=O) groups excluding carboxylic acids is 1. The van der Waals surface area contributed by atoms with Crippen LogP contribution in [0, 0.1) is 17.4 Å². The van der Waals surface area contributed by atoms with Crippen LogP contribution in [0.25, 0.3) is 0 Å². The number of rotatable bonds is 1. The highest BCUT2D eigenvalue weighted by molar-refractivity contribution is 5.93. The maximum Gasteiger partial charge on any atom is 0.251 e. The van der Waals surface area contributed by atoms with Crippen molar-refractivity contribution in [2.75, 3.05) is 7.05 Å². The van der Waals surface area contributed by atoms with Crippen molar-refractivity contribution in [3.8, 4) is 6.07 Å². The molecule has 1 radical (unpaired) electrons. The van der Waals surface area contributed by atoms with Gasteiger partial charge in [-0.3, -0.25) is 4.79 Å². The van der Waals surface area contributed by atoms with E-state index in [0.717, 1.165) is 0 Å². The van der Waals surface area contributed by atoms with Crippen molar-refractivity contribution in [3.05, 3.63) is 35.4 Å². The van der Waals surface area contributed by atoms with Crippen LogP contribution in [0.4, 0.5) is 0 Å². The van der Waals surface area contributed by atoms with Crippen LogP contribution in [-0.2, 0) is 0 Å². The minimum Gasteiger partial charge on any atom is -0.355 e. The van der Waals surface area contributed by atoms with Crippen molar-refractivity contribution >= 4 is 5.91 Å². The Balaban J connectivity index is 2.94. The molecule has 0 aliphatic heterocycles. The van der Waals surface area contributed by atoms with Gasteiger partial charge in [-0.25, -0.2) is 0 Å². The lowest BCUT2D eigenvalue weighted by Gasteiger charge is -1.97. The summed E-state index contributed by atoms with van der Waals surface area (Å²) in [7, 11) is 1.56. The van der Waals surface area contributed by atoms with Crippen LogP contribution in [0.2, 0.25) is 0 Å². The van der Waals surface area contributed by atoms with E-state index in [9.17, 15) is 4.79 Å². The van der Waals surface area contributed by atoms with Gasteiger partial charge in [0.05, 0.1) is 11.6 Å². The molecule has 1 aromatic carbocycles. The minimum atomic E-state index is -0.171. The van der Waals surface area contributed by atoms with E-state index in [1.165, 1.54) is 6.07 Å². The van der Waals surface area contributed by atoms with E-state index in [2.05, 4.69) is 11.4 Å². The Bertz CT molecular complexity index is 321. The average Bonchev–Trinajstić information content (AvgIpc) is 2.17. The molecule has 0 aromatic heterocycles. The molecule has 1 aromatic rings. The van der Waals surface area contributed by atoms with E-state index >= 15 is 0 Å². The number of nitrogens with zero attached hydrogens (tertiary/aromatic N) is 1. The van der Waals surface area contributed by atoms with Gasteiger partial charge in [0.2, 0.25) is 0 Å². The molecule has 0 fully saturated rings. The third kappa shape index (κ3) is 1.61. The summed E-state index contributed by atoms with van der Waals surface area (Å²) >= 11 is 0. The zero-order valence-corrected chi connectivity index (χ0v) is 6.59. The van der Waals surface area contributed by atoms with Crippen LogP contribution in [0.1, 0.15) is 15.9 Å². The van der Waals surface area contributed by atoms with Gasteiger partial charge in [0, 0.05) is 18.7 Å². The van der Waals surface area contributed by atoms with Crippen molar-refractivity contribution in [1.82, 2.24) is 5.32 Å². The zero-order chi connectivity index (χ0) is 8.97. The van der Waals surface area contributed by atoms with Gasteiger partial charge < -0.3 is 5.32 Å². The first-order valence-corrected chi connectivity index (χ1v) is 3.42. The van der Waals surface area contributed by atoms with Crippen LogP contribution in [0.5, 0.6) is 0 Å². The maximum absolute atomic E-state index is 11.0. The van der Waals surface area contributed by atoms with Crippen LogP contribution in [-0.4, -0.2) is 13.0 Å². The second-order valence-corrected chi connectivity index (χ2v) is 2.18. The highest BCUT2D eigenvalue weighted by Crippen LogP contribution is 2.01. The topological polar surface area (TPSA) is 52.9 Å². The van der Waals surface area contributed by atoms with E-state index in [0.29, 0.717) is 11.1 Å². The smallest absolute Gasteiger partial charge is 0.251 e. The predicted molar refractivity (Wildman–Crippen MR) is 43.4 cm³/mol. The van der Waals surface area contributed by atoms with Gasteiger partial charge >= 0.3 is 0 Å². The van der Waals surface area contributed by atoms with E-state index < -0.39 is 0 Å². The number of benzene rings is 1. The number of hydrogen-bond donors (Lipinski definition) is 1. The molecule has 0 aliphatic carbocycles. The summed E-state index contributed by atoms with van der Waals surface area (Å²) in [4.78, 5) is 11.0. The van der Waals surface area contributed by atoms with Crippen molar-refractivity contribution in [2.45, 2.75) is 0 Å². The summed E-state index contributed by atoms with van der Waals surface area (Å²) in [5, 5.41) is 10.9. The van der Waals surface area contributed by atoms with Crippen LogP contribution in [0.15, 0.2) is 18.2 Å². The molecule has 59 valence electrons. The molecule has 0 saturated carbocycles. The Hall–Kier alpha value is -1.82. The number of nitrogens with one attached hydrogen (secondary N) is 1. The predicted octanol–water partition coefficient (Wildman–Crippen LogP) is 0.718. The Kier molecular flexibility index (Phi) is 2.44. The fourth-order valence-electron chi connectivity index (χ4n) is 0.780. The first kappa shape index (κ1) is 8.28. The maximum atomic E-state index is 11.0. The SMILES string of the molecule is CNC(=O)c1c[c]c(C#N)cc1. The van der Waals surface area contributed by atoms with Gasteiger partial charge in [0.1, 0.15) is 0 Å². The minimum absolute atomic E-state index is 0.171. The molecule has 3 heteroatoms. The molecule has 0 heterocycles. The third-order valence-corrected chi connectivity index (χ3v) is 1.42. The van der Waals surface area contributed by atoms with Crippen molar-refractivity contribution in [3.63, 3.8) is 0 Å². The quantitative estimate of drug-likeness (QED) is 0.656. The molecule has 0 aliphatic rings. The number of carbonyl (C=O) groups is 1. The summed E-state index contributed by atoms with van der Waals surface area (Å²) in [5.41, 5.74) is 0.944.